The molecular formula is C12H13BrClNO2. The molecular weight excluding hydrogens is 305 g/mol. The summed E-state index contributed by atoms with van der Waals surface area (Å²) in [5, 5.41) is 12.9. The highest BCUT2D eigenvalue weighted by atomic mass is 79.9. The average molecular weight is 319 g/mol. The zero-order chi connectivity index (χ0) is 12.6. The van der Waals surface area contributed by atoms with Crippen LogP contribution in [0.1, 0.15) is 30.5 Å². The largest absolute Gasteiger partial charge is 0.480 e. The molecule has 2 rings (SSSR count). The van der Waals surface area contributed by atoms with Crippen LogP contribution < -0.4 is 5.32 Å². The molecule has 5 heteroatoms. The number of benzene rings is 1. The standard InChI is InChI=1S/C12H13BrClNO2/c1-2-7-5-8-9(11(15-7)12(16)17)3-6(14)4-10(8)13/h3-4,7,11,15H,2,5H2,1H3,(H,16,17). The van der Waals surface area contributed by atoms with E-state index in [-0.39, 0.29) is 6.04 Å². The number of fused-ring (bicyclic) bond motifs is 1. The molecule has 3 nitrogen and oxygen atoms in total. The fraction of sp³-hybridized carbons (Fsp3) is 0.417. The lowest BCUT2D eigenvalue weighted by atomic mass is 9.89. The molecule has 1 aromatic rings. The van der Waals surface area contributed by atoms with Gasteiger partial charge in [-0.05, 0) is 36.1 Å². The van der Waals surface area contributed by atoms with Gasteiger partial charge in [0.2, 0.25) is 0 Å². The summed E-state index contributed by atoms with van der Waals surface area (Å²) in [6.07, 6.45) is 1.73. The summed E-state index contributed by atoms with van der Waals surface area (Å²) in [4.78, 5) is 11.3. The van der Waals surface area contributed by atoms with Gasteiger partial charge in [0.05, 0.1) is 0 Å². The average Bonchev–Trinajstić information content (AvgIpc) is 2.27. The molecule has 2 N–H and O–H groups in total. The van der Waals surface area contributed by atoms with Gasteiger partial charge >= 0.3 is 5.97 Å². The van der Waals surface area contributed by atoms with Gasteiger partial charge in [-0.3, -0.25) is 10.1 Å². The van der Waals surface area contributed by atoms with Crippen molar-refractivity contribution < 1.29 is 9.90 Å². The van der Waals surface area contributed by atoms with Crippen molar-refractivity contribution in [1.29, 1.82) is 0 Å². The first-order chi connectivity index (χ1) is 8.02. The molecule has 0 radical (unpaired) electrons. The topological polar surface area (TPSA) is 49.3 Å². The first-order valence-corrected chi connectivity index (χ1v) is 6.66. The zero-order valence-electron chi connectivity index (χ0n) is 9.34. The molecule has 0 saturated carbocycles. The van der Waals surface area contributed by atoms with Crippen LogP contribution >= 0.6 is 27.5 Å². The summed E-state index contributed by atoms with van der Waals surface area (Å²) in [7, 11) is 0. The Morgan fingerprint density at radius 2 is 2.35 bits per heavy atom. The zero-order valence-corrected chi connectivity index (χ0v) is 11.7. The van der Waals surface area contributed by atoms with Crippen LogP contribution in [0.3, 0.4) is 0 Å². The van der Waals surface area contributed by atoms with Gasteiger partial charge in [0.25, 0.3) is 0 Å². The summed E-state index contributed by atoms with van der Waals surface area (Å²) < 4.78 is 0.895. The summed E-state index contributed by atoms with van der Waals surface area (Å²) in [6.45, 7) is 2.05. The van der Waals surface area contributed by atoms with Crippen molar-refractivity contribution in [3.63, 3.8) is 0 Å². The summed E-state index contributed by atoms with van der Waals surface area (Å²) >= 11 is 9.43. The molecule has 0 aromatic heterocycles. The van der Waals surface area contributed by atoms with Gasteiger partial charge in [-0.2, -0.15) is 0 Å². The van der Waals surface area contributed by atoms with Crippen molar-refractivity contribution >= 4 is 33.5 Å². The molecule has 2 unspecified atom stereocenters. The van der Waals surface area contributed by atoms with Crippen molar-refractivity contribution in [2.24, 2.45) is 0 Å². The summed E-state index contributed by atoms with van der Waals surface area (Å²) in [6, 6.07) is 3.08. The highest BCUT2D eigenvalue weighted by molar-refractivity contribution is 9.10. The van der Waals surface area contributed by atoms with Crippen LogP contribution in [0.4, 0.5) is 0 Å². The van der Waals surface area contributed by atoms with E-state index in [1.165, 1.54) is 0 Å². The van der Waals surface area contributed by atoms with Gasteiger partial charge in [0, 0.05) is 15.5 Å². The van der Waals surface area contributed by atoms with E-state index in [0.717, 1.165) is 28.4 Å². The van der Waals surface area contributed by atoms with Crippen molar-refractivity contribution in [3.8, 4) is 0 Å². The van der Waals surface area contributed by atoms with Gasteiger partial charge in [0.1, 0.15) is 6.04 Å². The Labute approximate surface area is 113 Å². The van der Waals surface area contributed by atoms with E-state index in [0.29, 0.717) is 5.02 Å². The molecule has 17 heavy (non-hydrogen) atoms. The number of hydrogen-bond donors (Lipinski definition) is 2. The first-order valence-electron chi connectivity index (χ1n) is 5.49. The number of carbonyl (C=O) groups is 1. The highest BCUT2D eigenvalue weighted by Gasteiger charge is 2.31. The molecule has 0 aliphatic carbocycles. The van der Waals surface area contributed by atoms with Crippen molar-refractivity contribution in [3.05, 3.63) is 32.8 Å². The number of rotatable bonds is 2. The monoisotopic (exact) mass is 317 g/mol. The van der Waals surface area contributed by atoms with Crippen molar-refractivity contribution in [2.75, 3.05) is 0 Å². The molecule has 2 atom stereocenters. The Morgan fingerprint density at radius 3 is 2.94 bits per heavy atom. The first kappa shape index (κ1) is 12.9. The lowest BCUT2D eigenvalue weighted by Crippen LogP contribution is -2.42. The maximum atomic E-state index is 11.3. The van der Waals surface area contributed by atoms with Crippen LogP contribution in [0, 0.1) is 0 Å². The summed E-state index contributed by atoms with van der Waals surface area (Å²) in [5.41, 5.74) is 1.81. The Balaban J connectivity index is 2.52. The lowest BCUT2D eigenvalue weighted by Gasteiger charge is -2.31. The van der Waals surface area contributed by atoms with E-state index >= 15 is 0 Å². The van der Waals surface area contributed by atoms with Crippen LogP contribution in [0.2, 0.25) is 5.02 Å². The fourth-order valence-corrected chi connectivity index (χ4v) is 3.19. The molecule has 92 valence electrons. The van der Waals surface area contributed by atoms with Gasteiger partial charge in [0.15, 0.2) is 0 Å². The van der Waals surface area contributed by atoms with E-state index < -0.39 is 12.0 Å². The fourth-order valence-electron chi connectivity index (χ4n) is 2.19. The van der Waals surface area contributed by atoms with Crippen LogP contribution in [0.5, 0.6) is 0 Å². The second-order valence-electron chi connectivity index (χ2n) is 4.20. The van der Waals surface area contributed by atoms with Gasteiger partial charge in [-0.1, -0.05) is 34.5 Å². The minimum absolute atomic E-state index is 0.195. The number of hydrogen-bond acceptors (Lipinski definition) is 2. The van der Waals surface area contributed by atoms with Crippen LogP contribution in [0.25, 0.3) is 0 Å². The van der Waals surface area contributed by atoms with Crippen LogP contribution in [-0.4, -0.2) is 17.1 Å². The number of carboxylic acids is 1. The third-order valence-electron chi connectivity index (χ3n) is 3.10. The third-order valence-corrected chi connectivity index (χ3v) is 4.02. The number of carboxylic acid groups (broad SMARTS) is 1. The molecule has 0 fully saturated rings. The second kappa shape index (κ2) is 4.96. The smallest absolute Gasteiger partial charge is 0.325 e. The minimum Gasteiger partial charge on any atom is -0.480 e. The van der Waals surface area contributed by atoms with E-state index in [1.807, 2.05) is 13.0 Å². The maximum absolute atomic E-state index is 11.3. The molecule has 1 aromatic carbocycles. The second-order valence-corrected chi connectivity index (χ2v) is 5.49. The number of aliphatic carboxylic acids is 1. The number of nitrogens with one attached hydrogen (secondary N) is 1. The Hall–Kier alpha value is -0.580. The molecule has 0 saturated heterocycles. The van der Waals surface area contributed by atoms with Crippen LogP contribution in [-0.2, 0) is 11.2 Å². The maximum Gasteiger partial charge on any atom is 0.325 e. The molecule has 1 heterocycles. The molecule has 0 spiro atoms. The van der Waals surface area contributed by atoms with E-state index in [9.17, 15) is 9.90 Å². The van der Waals surface area contributed by atoms with Crippen LogP contribution in [0.15, 0.2) is 16.6 Å². The van der Waals surface area contributed by atoms with Gasteiger partial charge in [-0.25, -0.2) is 0 Å². The van der Waals surface area contributed by atoms with E-state index in [4.69, 9.17) is 11.6 Å². The minimum atomic E-state index is -0.862. The Morgan fingerprint density at radius 1 is 1.65 bits per heavy atom. The molecule has 0 bridgehead atoms. The normalized spacial score (nSPS) is 23.2. The highest BCUT2D eigenvalue weighted by Crippen LogP contribution is 2.34. The van der Waals surface area contributed by atoms with Gasteiger partial charge < -0.3 is 5.11 Å². The van der Waals surface area contributed by atoms with Crippen molar-refractivity contribution in [1.82, 2.24) is 5.32 Å². The molecule has 0 amide bonds. The molecule has 1 aliphatic rings. The SMILES string of the molecule is CCC1Cc2c(Br)cc(Cl)cc2C(C(=O)O)N1. The lowest BCUT2D eigenvalue weighted by molar-refractivity contribution is -0.140. The Bertz CT molecular complexity index is 464. The quantitative estimate of drug-likeness (QED) is 0.880. The predicted octanol–water partition coefficient (Wildman–Crippen LogP) is 3.15. The van der Waals surface area contributed by atoms with Gasteiger partial charge in [-0.15, -0.1) is 0 Å². The van der Waals surface area contributed by atoms with E-state index in [2.05, 4.69) is 21.2 Å². The number of halogens is 2. The molecule has 1 aliphatic heterocycles. The summed E-state index contributed by atoms with van der Waals surface area (Å²) in [5.74, 6) is -0.862. The van der Waals surface area contributed by atoms with E-state index in [1.54, 1.807) is 6.07 Å². The predicted molar refractivity (Wildman–Crippen MR) is 70.4 cm³/mol. The Kier molecular flexibility index (Phi) is 3.76. The van der Waals surface area contributed by atoms with Crippen molar-refractivity contribution in [2.45, 2.75) is 31.8 Å². The third kappa shape index (κ3) is 2.49.